The van der Waals surface area contributed by atoms with Gasteiger partial charge in [-0.3, -0.25) is 4.79 Å². The van der Waals surface area contributed by atoms with Gasteiger partial charge in [-0.1, -0.05) is 26.0 Å². The number of hydrogen-bond donors (Lipinski definition) is 0. The fourth-order valence-corrected chi connectivity index (χ4v) is 2.83. The number of likely N-dealkylation sites (N-methyl/N-ethyl adjacent to an activating group) is 1. The second-order valence-electron chi connectivity index (χ2n) is 6.15. The lowest BCUT2D eigenvalue weighted by atomic mass is 9.81. The van der Waals surface area contributed by atoms with Crippen molar-refractivity contribution >= 4 is 5.91 Å². The lowest BCUT2D eigenvalue weighted by molar-refractivity contribution is -0.131. The highest BCUT2D eigenvalue weighted by atomic mass is 16.2. The summed E-state index contributed by atoms with van der Waals surface area (Å²) in [5, 5.41) is 0. The second kappa shape index (κ2) is 4.79. The van der Waals surface area contributed by atoms with Crippen LogP contribution in [0.3, 0.4) is 0 Å². The minimum absolute atomic E-state index is 0.171. The van der Waals surface area contributed by atoms with E-state index in [0.29, 0.717) is 0 Å². The molecule has 2 rings (SSSR count). The Morgan fingerprint density at radius 3 is 2.72 bits per heavy atom. The molecule has 0 aliphatic carbocycles. The molecule has 0 aromatic heterocycles. The maximum atomic E-state index is 12.3. The van der Waals surface area contributed by atoms with E-state index in [0.717, 1.165) is 50.3 Å². The van der Waals surface area contributed by atoms with Crippen LogP contribution in [0.2, 0.25) is 0 Å². The van der Waals surface area contributed by atoms with Crippen molar-refractivity contribution < 1.29 is 4.79 Å². The number of piperazine rings is 1. The fraction of sp³-hybridized carbons (Fsp3) is 0.667. The lowest BCUT2D eigenvalue weighted by Gasteiger charge is -2.40. The van der Waals surface area contributed by atoms with Crippen LogP contribution in [0.1, 0.15) is 33.6 Å². The summed E-state index contributed by atoms with van der Waals surface area (Å²) in [7, 11) is 0. The van der Waals surface area contributed by atoms with Gasteiger partial charge in [0.15, 0.2) is 0 Å². The molecule has 0 bridgehead atoms. The van der Waals surface area contributed by atoms with Gasteiger partial charge in [0.05, 0.1) is 0 Å². The summed E-state index contributed by atoms with van der Waals surface area (Å²) in [5.41, 5.74) is 2.21. The fourth-order valence-electron chi connectivity index (χ4n) is 2.83. The van der Waals surface area contributed by atoms with Crippen molar-refractivity contribution in [1.29, 1.82) is 0 Å². The van der Waals surface area contributed by atoms with Gasteiger partial charge < -0.3 is 9.80 Å². The van der Waals surface area contributed by atoms with Gasteiger partial charge >= 0.3 is 0 Å². The van der Waals surface area contributed by atoms with Crippen molar-refractivity contribution in [3.05, 3.63) is 23.9 Å². The van der Waals surface area contributed by atoms with Gasteiger partial charge in [0, 0.05) is 26.2 Å². The van der Waals surface area contributed by atoms with Crippen molar-refractivity contribution in [3.63, 3.8) is 0 Å². The van der Waals surface area contributed by atoms with Crippen LogP contribution < -0.4 is 0 Å². The van der Waals surface area contributed by atoms with Gasteiger partial charge in [0.25, 0.3) is 5.91 Å². The highest BCUT2D eigenvalue weighted by Gasteiger charge is 2.31. The molecular weight excluding hydrogens is 224 g/mol. The summed E-state index contributed by atoms with van der Waals surface area (Å²) in [4.78, 5) is 16.5. The summed E-state index contributed by atoms with van der Waals surface area (Å²) >= 11 is 0. The highest BCUT2D eigenvalue weighted by Crippen LogP contribution is 2.33. The predicted molar refractivity (Wildman–Crippen MR) is 74.1 cm³/mol. The van der Waals surface area contributed by atoms with Crippen molar-refractivity contribution in [1.82, 2.24) is 9.80 Å². The quantitative estimate of drug-likeness (QED) is 0.711. The van der Waals surface area contributed by atoms with Gasteiger partial charge in [-0.05, 0) is 31.3 Å². The molecule has 0 aromatic carbocycles. The van der Waals surface area contributed by atoms with E-state index in [-0.39, 0.29) is 11.3 Å². The van der Waals surface area contributed by atoms with Crippen molar-refractivity contribution in [3.8, 4) is 0 Å². The largest absolute Gasteiger partial charge is 0.365 e. The molecule has 2 aliphatic rings. The Labute approximate surface area is 110 Å². The molecule has 0 radical (unpaired) electrons. The molecule has 2 aliphatic heterocycles. The van der Waals surface area contributed by atoms with Crippen molar-refractivity contribution in [2.45, 2.75) is 33.6 Å². The summed E-state index contributed by atoms with van der Waals surface area (Å²) in [6.45, 7) is 14.3. The monoisotopic (exact) mass is 248 g/mol. The predicted octanol–water partition coefficient (Wildman–Crippen LogP) is 2.41. The van der Waals surface area contributed by atoms with Gasteiger partial charge in [-0.25, -0.2) is 0 Å². The van der Waals surface area contributed by atoms with Crippen LogP contribution in [-0.4, -0.2) is 41.9 Å². The average Bonchev–Trinajstić information content (AvgIpc) is 2.28. The third-order valence-electron chi connectivity index (χ3n) is 3.97. The van der Waals surface area contributed by atoms with E-state index >= 15 is 0 Å². The molecule has 18 heavy (non-hydrogen) atoms. The average molecular weight is 248 g/mol. The smallest absolute Gasteiger partial charge is 0.270 e. The van der Waals surface area contributed by atoms with E-state index in [9.17, 15) is 4.79 Å². The number of amides is 1. The molecule has 1 amide bonds. The third-order valence-corrected chi connectivity index (χ3v) is 3.97. The van der Waals surface area contributed by atoms with Crippen molar-refractivity contribution in [2.24, 2.45) is 5.41 Å². The number of fused-ring (bicyclic) bond motifs is 1. The standard InChI is InChI=1S/C15H24N2O/c1-5-16-8-9-17-7-6-15(3,4)11-12(2)10-13(17)14(16)18/h10H,2,5-9,11H2,1,3-4H3/b13-10-. The van der Waals surface area contributed by atoms with Crippen LogP contribution in [-0.2, 0) is 4.79 Å². The summed E-state index contributed by atoms with van der Waals surface area (Å²) in [6, 6.07) is 0. The molecule has 2 heterocycles. The third kappa shape index (κ3) is 2.60. The first-order chi connectivity index (χ1) is 8.43. The van der Waals surface area contributed by atoms with Crippen LogP contribution >= 0.6 is 0 Å². The molecule has 0 spiro atoms. The van der Waals surface area contributed by atoms with Gasteiger partial charge in [-0.2, -0.15) is 0 Å². The Morgan fingerprint density at radius 2 is 2.06 bits per heavy atom. The molecule has 0 saturated carbocycles. The van der Waals surface area contributed by atoms with Crippen LogP contribution in [0.5, 0.6) is 0 Å². The maximum absolute atomic E-state index is 12.3. The number of allylic oxidation sites excluding steroid dienone is 2. The zero-order chi connectivity index (χ0) is 13.3. The van der Waals surface area contributed by atoms with E-state index in [1.165, 1.54) is 0 Å². The Bertz CT molecular complexity index is 395. The number of rotatable bonds is 1. The zero-order valence-corrected chi connectivity index (χ0v) is 11.8. The minimum Gasteiger partial charge on any atom is -0.365 e. The normalized spacial score (nSPS) is 27.2. The van der Waals surface area contributed by atoms with Crippen LogP contribution in [0, 0.1) is 5.41 Å². The molecule has 3 nitrogen and oxygen atoms in total. The Balaban J connectivity index is 2.27. The van der Waals surface area contributed by atoms with E-state index < -0.39 is 0 Å². The summed E-state index contributed by atoms with van der Waals surface area (Å²) < 4.78 is 0. The number of hydrogen-bond acceptors (Lipinski definition) is 2. The molecule has 0 N–H and O–H groups in total. The maximum Gasteiger partial charge on any atom is 0.270 e. The molecule has 100 valence electrons. The van der Waals surface area contributed by atoms with Crippen molar-refractivity contribution in [2.75, 3.05) is 26.2 Å². The van der Waals surface area contributed by atoms with Crippen LogP contribution in [0.15, 0.2) is 23.9 Å². The Hall–Kier alpha value is -1.25. The molecule has 1 saturated heterocycles. The van der Waals surface area contributed by atoms with Gasteiger partial charge in [0.1, 0.15) is 5.70 Å². The first kappa shape index (κ1) is 13.2. The topological polar surface area (TPSA) is 23.6 Å². The molecule has 0 aromatic rings. The summed E-state index contributed by atoms with van der Waals surface area (Å²) in [6.07, 6.45) is 4.09. The SMILES string of the molecule is C=C1/C=C2/C(=O)N(CC)CCN2CCC(C)(C)C1. The van der Waals surface area contributed by atoms with Gasteiger partial charge in [-0.15, -0.1) is 0 Å². The molecule has 3 heteroatoms. The first-order valence-electron chi connectivity index (χ1n) is 6.86. The van der Waals surface area contributed by atoms with E-state index in [1.807, 2.05) is 17.9 Å². The first-order valence-corrected chi connectivity index (χ1v) is 6.86. The van der Waals surface area contributed by atoms with E-state index in [4.69, 9.17) is 0 Å². The molecule has 1 fully saturated rings. The van der Waals surface area contributed by atoms with E-state index in [1.54, 1.807) is 0 Å². The zero-order valence-electron chi connectivity index (χ0n) is 11.8. The number of nitrogens with zero attached hydrogens (tertiary/aromatic N) is 2. The lowest BCUT2D eigenvalue weighted by Crippen LogP contribution is -2.49. The van der Waals surface area contributed by atoms with Crippen LogP contribution in [0.25, 0.3) is 0 Å². The Morgan fingerprint density at radius 1 is 1.33 bits per heavy atom. The van der Waals surface area contributed by atoms with E-state index in [2.05, 4.69) is 25.3 Å². The second-order valence-corrected chi connectivity index (χ2v) is 6.15. The number of carbonyl (C=O) groups is 1. The highest BCUT2D eigenvalue weighted by molar-refractivity contribution is 5.94. The minimum atomic E-state index is 0.171. The molecule has 0 unspecified atom stereocenters. The summed E-state index contributed by atoms with van der Waals surface area (Å²) in [5.74, 6) is 0.171. The molecular formula is C15H24N2O. The van der Waals surface area contributed by atoms with Gasteiger partial charge in [0.2, 0.25) is 0 Å². The van der Waals surface area contributed by atoms with Crippen LogP contribution in [0.4, 0.5) is 0 Å². The molecule has 0 atom stereocenters. The number of carbonyl (C=O) groups excluding carboxylic acids is 1. The Kier molecular flexibility index (Phi) is 3.51.